The molecule has 0 saturated carbocycles. The number of amides is 1. The van der Waals surface area contributed by atoms with E-state index in [4.69, 9.17) is 4.74 Å². The Hall–Kier alpha value is -2.35. The minimum Gasteiger partial charge on any atom is -0.466 e. The van der Waals surface area contributed by atoms with Gasteiger partial charge in [0.2, 0.25) is 5.91 Å². The summed E-state index contributed by atoms with van der Waals surface area (Å²) in [5.74, 6) is 0.597. The van der Waals surface area contributed by atoms with Gasteiger partial charge in [-0.05, 0) is 58.2 Å². The lowest BCUT2D eigenvalue weighted by Gasteiger charge is -2.32. The summed E-state index contributed by atoms with van der Waals surface area (Å²) in [4.78, 5) is 26.7. The smallest absolute Gasteiger partial charge is 0.309 e. The highest BCUT2D eigenvalue weighted by Gasteiger charge is 2.31. The van der Waals surface area contributed by atoms with Gasteiger partial charge in [-0.1, -0.05) is 23.9 Å². The molecule has 1 aromatic carbocycles. The van der Waals surface area contributed by atoms with Crippen molar-refractivity contribution in [2.75, 3.05) is 19.7 Å². The van der Waals surface area contributed by atoms with E-state index in [9.17, 15) is 9.59 Å². The van der Waals surface area contributed by atoms with Gasteiger partial charge in [0.05, 0.1) is 17.8 Å². The lowest BCUT2D eigenvalue weighted by Crippen LogP contribution is -2.43. The van der Waals surface area contributed by atoms with Crippen LogP contribution in [0.5, 0.6) is 0 Å². The summed E-state index contributed by atoms with van der Waals surface area (Å²) in [5, 5.41) is 8.91. The molecule has 156 valence electrons. The van der Waals surface area contributed by atoms with E-state index < -0.39 is 0 Å². The molecule has 1 aliphatic heterocycles. The Bertz CT molecular complexity index is 875. The summed E-state index contributed by atoms with van der Waals surface area (Å²) in [6.45, 7) is 9.22. The molecule has 1 amide bonds. The number of piperidine rings is 1. The first-order valence-electron chi connectivity index (χ1n) is 10.0. The van der Waals surface area contributed by atoms with Crippen LogP contribution in [0.4, 0.5) is 0 Å². The van der Waals surface area contributed by atoms with Gasteiger partial charge in [-0.3, -0.25) is 14.2 Å². The number of carbonyl (C=O) groups excluding carboxylic acids is 2. The first kappa shape index (κ1) is 21.4. The predicted octanol–water partition coefficient (Wildman–Crippen LogP) is 3.17. The van der Waals surface area contributed by atoms with E-state index in [2.05, 4.69) is 16.3 Å². The first-order chi connectivity index (χ1) is 13.9. The van der Waals surface area contributed by atoms with Crippen LogP contribution in [0, 0.1) is 19.8 Å². The number of hydrogen-bond acceptors (Lipinski definition) is 6. The lowest BCUT2D eigenvalue weighted by atomic mass is 9.97. The van der Waals surface area contributed by atoms with Crippen molar-refractivity contribution in [3.63, 3.8) is 0 Å². The number of likely N-dealkylation sites (tertiary alicyclic amines) is 1. The number of benzene rings is 1. The third-order valence-electron chi connectivity index (χ3n) is 5.11. The van der Waals surface area contributed by atoms with E-state index in [0.717, 1.165) is 17.1 Å². The highest BCUT2D eigenvalue weighted by Crippen LogP contribution is 2.28. The molecule has 0 radical (unpaired) electrons. The number of nitrogens with zero attached hydrogens (tertiary/aromatic N) is 4. The largest absolute Gasteiger partial charge is 0.466 e. The van der Waals surface area contributed by atoms with Gasteiger partial charge in [-0.15, -0.1) is 10.2 Å². The standard InChI is InChI=1S/C21H28N4O3S/c1-5-28-20(27)17-9-11-24(12-10-17)19(26)15(3)29-21-23-22-16(4)25(21)18-8-6-7-14(2)13-18/h6-8,13,15,17H,5,9-12H2,1-4H3/t15-/m1/s1. The minimum absolute atomic E-state index is 0.0637. The Morgan fingerprint density at radius 3 is 2.62 bits per heavy atom. The first-order valence-corrected chi connectivity index (χ1v) is 10.9. The van der Waals surface area contributed by atoms with Crippen molar-refractivity contribution < 1.29 is 14.3 Å². The lowest BCUT2D eigenvalue weighted by molar-refractivity contribution is -0.151. The van der Waals surface area contributed by atoms with E-state index in [1.54, 1.807) is 0 Å². The molecule has 0 bridgehead atoms. The van der Waals surface area contributed by atoms with E-state index >= 15 is 0 Å². The monoisotopic (exact) mass is 416 g/mol. The van der Waals surface area contributed by atoms with Gasteiger partial charge in [-0.2, -0.15) is 0 Å². The number of carbonyl (C=O) groups is 2. The van der Waals surface area contributed by atoms with Crippen molar-refractivity contribution in [2.45, 2.75) is 50.9 Å². The summed E-state index contributed by atoms with van der Waals surface area (Å²) < 4.78 is 7.09. The van der Waals surface area contributed by atoms with Crippen LogP contribution in [0.15, 0.2) is 29.4 Å². The molecule has 0 spiro atoms. The van der Waals surface area contributed by atoms with Crippen molar-refractivity contribution in [2.24, 2.45) is 5.92 Å². The molecule has 3 rings (SSSR count). The molecule has 1 aliphatic rings. The van der Waals surface area contributed by atoms with E-state index in [-0.39, 0.29) is 23.0 Å². The van der Waals surface area contributed by atoms with Gasteiger partial charge < -0.3 is 9.64 Å². The maximum Gasteiger partial charge on any atom is 0.309 e. The molecular weight excluding hydrogens is 388 g/mol. The quantitative estimate of drug-likeness (QED) is 0.532. The van der Waals surface area contributed by atoms with Crippen LogP contribution in [0.25, 0.3) is 5.69 Å². The van der Waals surface area contributed by atoms with Crippen LogP contribution in [0.1, 0.15) is 38.1 Å². The molecular formula is C21H28N4O3S. The van der Waals surface area contributed by atoms with Crippen molar-refractivity contribution in [1.82, 2.24) is 19.7 Å². The number of esters is 1. The maximum absolute atomic E-state index is 12.9. The fourth-order valence-electron chi connectivity index (χ4n) is 3.54. The number of rotatable bonds is 6. The zero-order valence-corrected chi connectivity index (χ0v) is 18.2. The van der Waals surface area contributed by atoms with Gasteiger partial charge in [0.25, 0.3) is 0 Å². The Balaban J connectivity index is 1.65. The van der Waals surface area contributed by atoms with Gasteiger partial charge in [-0.25, -0.2) is 0 Å². The van der Waals surface area contributed by atoms with Crippen LogP contribution in [-0.4, -0.2) is 56.5 Å². The van der Waals surface area contributed by atoms with Crippen molar-refractivity contribution in [1.29, 1.82) is 0 Å². The number of hydrogen-bond donors (Lipinski definition) is 0. The van der Waals surface area contributed by atoms with Crippen LogP contribution >= 0.6 is 11.8 Å². The number of ether oxygens (including phenoxy) is 1. The van der Waals surface area contributed by atoms with Gasteiger partial charge in [0.1, 0.15) is 5.82 Å². The molecule has 29 heavy (non-hydrogen) atoms. The van der Waals surface area contributed by atoms with E-state index in [1.807, 2.05) is 55.4 Å². The Kier molecular flexibility index (Phi) is 6.95. The zero-order chi connectivity index (χ0) is 21.0. The Morgan fingerprint density at radius 1 is 1.24 bits per heavy atom. The summed E-state index contributed by atoms with van der Waals surface area (Å²) in [6, 6.07) is 8.13. The summed E-state index contributed by atoms with van der Waals surface area (Å²) in [5.41, 5.74) is 2.14. The molecule has 0 unspecified atom stereocenters. The average Bonchev–Trinajstić information content (AvgIpc) is 3.07. The molecule has 1 aromatic heterocycles. The van der Waals surface area contributed by atoms with Gasteiger partial charge >= 0.3 is 5.97 Å². The molecule has 1 atom stereocenters. The third-order valence-corrected chi connectivity index (χ3v) is 6.14. The Labute approximate surface area is 175 Å². The topological polar surface area (TPSA) is 77.3 Å². The second-order valence-electron chi connectivity index (χ2n) is 7.32. The maximum atomic E-state index is 12.9. The SMILES string of the molecule is CCOC(=O)C1CCN(C(=O)[C@@H](C)Sc2nnc(C)n2-c2cccc(C)c2)CC1. The highest BCUT2D eigenvalue weighted by atomic mass is 32.2. The summed E-state index contributed by atoms with van der Waals surface area (Å²) in [7, 11) is 0. The molecule has 2 aromatic rings. The van der Waals surface area contributed by atoms with Crippen molar-refractivity contribution in [3.8, 4) is 5.69 Å². The average molecular weight is 417 g/mol. The van der Waals surface area contributed by atoms with Crippen LogP contribution < -0.4 is 0 Å². The predicted molar refractivity (Wildman–Crippen MR) is 112 cm³/mol. The van der Waals surface area contributed by atoms with Gasteiger partial charge in [0.15, 0.2) is 5.16 Å². The Morgan fingerprint density at radius 2 is 1.97 bits per heavy atom. The molecule has 1 fully saturated rings. The molecule has 7 nitrogen and oxygen atoms in total. The second kappa shape index (κ2) is 9.43. The molecule has 8 heteroatoms. The number of thioether (sulfide) groups is 1. The van der Waals surface area contributed by atoms with Crippen molar-refractivity contribution in [3.05, 3.63) is 35.7 Å². The number of aromatic nitrogens is 3. The zero-order valence-electron chi connectivity index (χ0n) is 17.4. The molecule has 1 saturated heterocycles. The van der Waals surface area contributed by atoms with Gasteiger partial charge in [0, 0.05) is 18.8 Å². The van der Waals surface area contributed by atoms with Crippen LogP contribution in [0.3, 0.4) is 0 Å². The fourth-order valence-corrected chi connectivity index (χ4v) is 4.54. The molecule has 0 N–H and O–H groups in total. The van der Waals surface area contributed by atoms with Crippen LogP contribution in [0.2, 0.25) is 0 Å². The third kappa shape index (κ3) is 4.98. The minimum atomic E-state index is -0.290. The second-order valence-corrected chi connectivity index (χ2v) is 8.62. The van der Waals surface area contributed by atoms with E-state index in [0.29, 0.717) is 37.7 Å². The summed E-state index contributed by atoms with van der Waals surface area (Å²) >= 11 is 1.42. The summed E-state index contributed by atoms with van der Waals surface area (Å²) in [6.07, 6.45) is 1.31. The van der Waals surface area contributed by atoms with E-state index in [1.165, 1.54) is 11.8 Å². The molecule has 0 aliphatic carbocycles. The van der Waals surface area contributed by atoms with Crippen LogP contribution in [-0.2, 0) is 14.3 Å². The normalized spacial score (nSPS) is 15.9. The fraction of sp³-hybridized carbons (Fsp3) is 0.524. The highest BCUT2D eigenvalue weighted by molar-refractivity contribution is 8.00. The molecule has 2 heterocycles. The van der Waals surface area contributed by atoms with Crippen molar-refractivity contribution >= 4 is 23.6 Å². The number of aryl methyl sites for hydroxylation is 2.